The molecule has 0 aromatic heterocycles. The molecule has 1 rings (SSSR count). The molecule has 0 heterocycles. The summed E-state index contributed by atoms with van der Waals surface area (Å²) in [5.41, 5.74) is 0. The molecule has 106 valence electrons. The quantitative estimate of drug-likeness (QED) is 0.717. The Labute approximate surface area is 110 Å². The van der Waals surface area contributed by atoms with Crippen LogP contribution >= 0.6 is 0 Å². The molecule has 1 fully saturated rings. The van der Waals surface area contributed by atoms with E-state index in [4.69, 9.17) is 5.11 Å². The Morgan fingerprint density at radius 2 is 1.94 bits per heavy atom. The molecule has 1 aliphatic carbocycles. The zero-order valence-electron chi connectivity index (χ0n) is 11.6. The zero-order chi connectivity index (χ0) is 13.5. The van der Waals surface area contributed by atoms with E-state index in [2.05, 4.69) is 18.7 Å². The van der Waals surface area contributed by atoms with Crippen LogP contribution in [-0.2, 0) is 4.79 Å². The van der Waals surface area contributed by atoms with Crippen molar-refractivity contribution in [2.75, 3.05) is 6.54 Å². The SMILES string of the molecule is CC(C)N(CCCC(=O)O)C1CCCCCC1O. The Morgan fingerprint density at radius 1 is 1.28 bits per heavy atom. The molecule has 0 bridgehead atoms. The Kier molecular flexibility index (Phi) is 6.65. The maximum absolute atomic E-state index is 10.6. The Bertz CT molecular complexity index is 255. The van der Waals surface area contributed by atoms with Gasteiger partial charge in [-0.3, -0.25) is 9.69 Å². The van der Waals surface area contributed by atoms with Crippen LogP contribution in [0.1, 0.15) is 58.8 Å². The Hall–Kier alpha value is -0.610. The highest BCUT2D eigenvalue weighted by Crippen LogP contribution is 2.24. The van der Waals surface area contributed by atoms with E-state index in [1.807, 2.05) is 0 Å². The highest BCUT2D eigenvalue weighted by atomic mass is 16.4. The average molecular weight is 257 g/mol. The number of rotatable bonds is 6. The zero-order valence-corrected chi connectivity index (χ0v) is 11.6. The number of carbonyl (C=O) groups is 1. The minimum absolute atomic E-state index is 0.210. The number of aliphatic carboxylic acids is 1. The van der Waals surface area contributed by atoms with Crippen molar-refractivity contribution < 1.29 is 15.0 Å². The molecular weight excluding hydrogens is 230 g/mol. The van der Waals surface area contributed by atoms with Crippen molar-refractivity contribution in [1.29, 1.82) is 0 Å². The molecule has 0 aromatic carbocycles. The fourth-order valence-corrected chi connectivity index (χ4v) is 2.88. The van der Waals surface area contributed by atoms with Crippen LogP contribution in [0.3, 0.4) is 0 Å². The molecule has 0 aromatic rings. The summed E-state index contributed by atoms with van der Waals surface area (Å²) in [5, 5.41) is 18.9. The highest BCUT2D eigenvalue weighted by Gasteiger charge is 2.28. The second kappa shape index (κ2) is 7.74. The van der Waals surface area contributed by atoms with Crippen LogP contribution in [0.25, 0.3) is 0 Å². The third-order valence-electron chi connectivity index (χ3n) is 3.84. The summed E-state index contributed by atoms with van der Waals surface area (Å²) < 4.78 is 0. The topological polar surface area (TPSA) is 60.8 Å². The second-order valence-electron chi connectivity index (χ2n) is 5.60. The first-order valence-electron chi connectivity index (χ1n) is 7.18. The van der Waals surface area contributed by atoms with Crippen molar-refractivity contribution in [2.45, 2.75) is 77.0 Å². The van der Waals surface area contributed by atoms with Crippen LogP contribution < -0.4 is 0 Å². The lowest BCUT2D eigenvalue weighted by Crippen LogP contribution is -2.47. The number of hydrogen-bond donors (Lipinski definition) is 2. The summed E-state index contributed by atoms with van der Waals surface area (Å²) in [7, 11) is 0. The molecule has 2 unspecified atom stereocenters. The van der Waals surface area contributed by atoms with Gasteiger partial charge in [0.2, 0.25) is 0 Å². The third kappa shape index (κ3) is 4.94. The number of aliphatic hydroxyl groups is 1. The molecule has 0 saturated heterocycles. The summed E-state index contributed by atoms with van der Waals surface area (Å²) in [4.78, 5) is 12.9. The van der Waals surface area contributed by atoms with Gasteiger partial charge in [-0.2, -0.15) is 0 Å². The van der Waals surface area contributed by atoms with E-state index < -0.39 is 5.97 Å². The standard InChI is InChI=1S/C14H27NO3/c1-11(2)15(10-6-9-14(17)18)12-7-4-3-5-8-13(12)16/h11-13,16H,3-10H2,1-2H3,(H,17,18). The maximum atomic E-state index is 10.6. The lowest BCUT2D eigenvalue weighted by molar-refractivity contribution is -0.137. The smallest absolute Gasteiger partial charge is 0.303 e. The van der Waals surface area contributed by atoms with Gasteiger partial charge in [-0.1, -0.05) is 19.3 Å². The fourth-order valence-electron chi connectivity index (χ4n) is 2.88. The molecule has 18 heavy (non-hydrogen) atoms. The molecule has 4 heteroatoms. The average Bonchev–Trinajstić information content (AvgIpc) is 2.49. The van der Waals surface area contributed by atoms with Crippen molar-refractivity contribution in [2.24, 2.45) is 0 Å². The van der Waals surface area contributed by atoms with E-state index in [9.17, 15) is 9.90 Å². The van der Waals surface area contributed by atoms with E-state index in [-0.39, 0.29) is 18.6 Å². The van der Waals surface area contributed by atoms with Crippen LogP contribution in [0.15, 0.2) is 0 Å². The molecule has 0 amide bonds. The number of carboxylic acid groups (broad SMARTS) is 1. The highest BCUT2D eigenvalue weighted by molar-refractivity contribution is 5.66. The number of carboxylic acids is 1. The molecule has 0 spiro atoms. The van der Waals surface area contributed by atoms with Gasteiger partial charge in [-0.25, -0.2) is 0 Å². The number of hydrogen-bond acceptors (Lipinski definition) is 3. The van der Waals surface area contributed by atoms with E-state index in [0.717, 1.165) is 25.8 Å². The van der Waals surface area contributed by atoms with E-state index in [0.29, 0.717) is 12.5 Å². The van der Waals surface area contributed by atoms with Gasteiger partial charge in [0.05, 0.1) is 6.10 Å². The minimum atomic E-state index is -0.736. The minimum Gasteiger partial charge on any atom is -0.481 e. The molecular formula is C14H27NO3. The van der Waals surface area contributed by atoms with Crippen molar-refractivity contribution in [3.63, 3.8) is 0 Å². The van der Waals surface area contributed by atoms with Crippen LogP contribution in [0.2, 0.25) is 0 Å². The number of aliphatic hydroxyl groups excluding tert-OH is 1. The van der Waals surface area contributed by atoms with E-state index in [1.165, 1.54) is 12.8 Å². The van der Waals surface area contributed by atoms with Gasteiger partial charge in [-0.15, -0.1) is 0 Å². The third-order valence-corrected chi connectivity index (χ3v) is 3.84. The van der Waals surface area contributed by atoms with Gasteiger partial charge >= 0.3 is 5.97 Å². The molecule has 1 saturated carbocycles. The summed E-state index contributed by atoms with van der Waals surface area (Å²) >= 11 is 0. The first kappa shape index (κ1) is 15.4. The summed E-state index contributed by atoms with van der Waals surface area (Å²) in [5.74, 6) is -0.736. The normalized spacial score (nSPS) is 25.4. The van der Waals surface area contributed by atoms with Crippen molar-refractivity contribution in [3.8, 4) is 0 Å². The Morgan fingerprint density at radius 3 is 2.56 bits per heavy atom. The summed E-state index contributed by atoms with van der Waals surface area (Å²) in [6.45, 7) is 5.02. The van der Waals surface area contributed by atoms with Gasteiger partial charge in [0.25, 0.3) is 0 Å². The van der Waals surface area contributed by atoms with Crippen molar-refractivity contribution in [3.05, 3.63) is 0 Å². The van der Waals surface area contributed by atoms with E-state index >= 15 is 0 Å². The molecule has 1 aliphatic rings. The lowest BCUT2D eigenvalue weighted by atomic mass is 10.0. The molecule has 0 radical (unpaired) electrons. The maximum Gasteiger partial charge on any atom is 0.303 e. The van der Waals surface area contributed by atoms with Gasteiger partial charge < -0.3 is 10.2 Å². The predicted molar refractivity (Wildman–Crippen MR) is 71.6 cm³/mol. The predicted octanol–water partition coefficient (Wildman–Crippen LogP) is 2.26. The monoisotopic (exact) mass is 257 g/mol. The lowest BCUT2D eigenvalue weighted by Gasteiger charge is -2.37. The second-order valence-corrected chi connectivity index (χ2v) is 5.60. The van der Waals surface area contributed by atoms with Gasteiger partial charge in [0.1, 0.15) is 0 Å². The summed E-state index contributed by atoms with van der Waals surface area (Å²) in [6.07, 6.45) is 6.03. The Balaban J connectivity index is 2.55. The van der Waals surface area contributed by atoms with Crippen molar-refractivity contribution >= 4 is 5.97 Å². The first-order valence-corrected chi connectivity index (χ1v) is 7.18. The van der Waals surface area contributed by atoms with E-state index in [1.54, 1.807) is 0 Å². The first-order chi connectivity index (χ1) is 8.52. The van der Waals surface area contributed by atoms with Gasteiger partial charge in [0.15, 0.2) is 0 Å². The van der Waals surface area contributed by atoms with Crippen molar-refractivity contribution in [1.82, 2.24) is 4.90 Å². The molecule has 0 aliphatic heterocycles. The summed E-state index contributed by atoms with van der Waals surface area (Å²) in [6, 6.07) is 0.567. The van der Waals surface area contributed by atoms with Crippen LogP contribution in [0, 0.1) is 0 Å². The fraction of sp³-hybridized carbons (Fsp3) is 0.929. The molecule has 2 N–H and O–H groups in total. The molecule has 2 atom stereocenters. The molecule has 4 nitrogen and oxygen atoms in total. The van der Waals surface area contributed by atoms with Crippen LogP contribution in [0.4, 0.5) is 0 Å². The van der Waals surface area contributed by atoms with Crippen LogP contribution in [-0.4, -0.2) is 45.8 Å². The van der Waals surface area contributed by atoms with Crippen LogP contribution in [0.5, 0.6) is 0 Å². The van der Waals surface area contributed by atoms with Gasteiger partial charge in [-0.05, 0) is 39.7 Å². The van der Waals surface area contributed by atoms with Gasteiger partial charge in [0, 0.05) is 18.5 Å². The number of nitrogens with zero attached hydrogens (tertiary/aromatic N) is 1. The largest absolute Gasteiger partial charge is 0.481 e.